The zero-order valence-corrected chi connectivity index (χ0v) is 12.5. The van der Waals surface area contributed by atoms with Gasteiger partial charge in [0.2, 0.25) is 0 Å². The summed E-state index contributed by atoms with van der Waals surface area (Å²) >= 11 is 0. The molecule has 0 aromatic heterocycles. The van der Waals surface area contributed by atoms with E-state index in [4.69, 9.17) is 0 Å². The standard InChI is InChI=1S/C18H18N2O2/c1-2-3-12-20-18(22)16-11-7-5-9-14(16)13-8-4-6-10-15(13)17(21)19-20/h4-11H,2-3,12H2,1H3,(H,19,21). The molecule has 4 nitrogen and oxygen atoms in total. The van der Waals surface area contributed by atoms with Gasteiger partial charge in [0.15, 0.2) is 0 Å². The lowest BCUT2D eigenvalue weighted by Gasteiger charge is -2.27. The number of carbonyl (C=O) groups excluding carboxylic acids is 2. The molecule has 0 saturated carbocycles. The minimum Gasteiger partial charge on any atom is -0.267 e. The van der Waals surface area contributed by atoms with Gasteiger partial charge in [0, 0.05) is 17.7 Å². The van der Waals surface area contributed by atoms with Gasteiger partial charge >= 0.3 is 0 Å². The molecule has 4 heteroatoms. The van der Waals surface area contributed by atoms with Crippen molar-refractivity contribution in [1.82, 2.24) is 10.4 Å². The van der Waals surface area contributed by atoms with E-state index in [0.29, 0.717) is 17.7 Å². The van der Waals surface area contributed by atoms with Crippen molar-refractivity contribution in [2.45, 2.75) is 19.8 Å². The smallest absolute Gasteiger partial charge is 0.267 e. The number of unbranched alkanes of at least 4 members (excludes halogenated alkanes) is 1. The van der Waals surface area contributed by atoms with Crippen LogP contribution in [0, 0.1) is 0 Å². The first kappa shape index (κ1) is 14.3. The van der Waals surface area contributed by atoms with E-state index in [0.717, 1.165) is 24.0 Å². The van der Waals surface area contributed by atoms with Crippen LogP contribution in [0.4, 0.5) is 0 Å². The molecule has 0 saturated heterocycles. The number of rotatable bonds is 3. The monoisotopic (exact) mass is 294 g/mol. The van der Waals surface area contributed by atoms with Crippen LogP contribution >= 0.6 is 0 Å². The van der Waals surface area contributed by atoms with Gasteiger partial charge in [-0.25, -0.2) is 5.01 Å². The number of benzene rings is 2. The van der Waals surface area contributed by atoms with E-state index in [-0.39, 0.29) is 11.8 Å². The fourth-order valence-corrected chi connectivity index (χ4v) is 2.67. The van der Waals surface area contributed by atoms with E-state index >= 15 is 0 Å². The molecule has 3 rings (SSSR count). The normalized spacial score (nSPS) is 13.8. The molecule has 22 heavy (non-hydrogen) atoms. The molecule has 0 fully saturated rings. The number of carbonyl (C=O) groups is 2. The van der Waals surface area contributed by atoms with Gasteiger partial charge < -0.3 is 0 Å². The van der Waals surface area contributed by atoms with Gasteiger partial charge in [0.1, 0.15) is 0 Å². The van der Waals surface area contributed by atoms with Gasteiger partial charge in [-0.2, -0.15) is 0 Å². The van der Waals surface area contributed by atoms with E-state index in [1.54, 1.807) is 6.07 Å². The maximum Gasteiger partial charge on any atom is 0.272 e. The molecule has 1 heterocycles. The zero-order valence-electron chi connectivity index (χ0n) is 12.5. The third kappa shape index (κ3) is 2.48. The summed E-state index contributed by atoms with van der Waals surface area (Å²) in [6, 6.07) is 14.8. The van der Waals surface area contributed by atoms with Gasteiger partial charge in [-0.3, -0.25) is 15.0 Å². The number of hydrogen-bond acceptors (Lipinski definition) is 2. The Hall–Kier alpha value is -2.62. The number of nitrogens with one attached hydrogen (secondary N) is 1. The highest BCUT2D eigenvalue weighted by Crippen LogP contribution is 2.29. The van der Waals surface area contributed by atoms with Crippen LogP contribution in [0.2, 0.25) is 0 Å². The van der Waals surface area contributed by atoms with Gasteiger partial charge in [0.05, 0.1) is 0 Å². The number of hydrazine groups is 1. The second-order valence-corrected chi connectivity index (χ2v) is 5.34. The minimum atomic E-state index is -0.241. The average molecular weight is 294 g/mol. The molecule has 2 aromatic rings. The Labute approximate surface area is 129 Å². The molecule has 0 aliphatic carbocycles. The van der Waals surface area contributed by atoms with Crippen molar-refractivity contribution in [2.24, 2.45) is 0 Å². The molecule has 1 aliphatic heterocycles. The van der Waals surface area contributed by atoms with E-state index in [9.17, 15) is 9.59 Å². The number of nitrogens with zero attached hydrogens (tertiary/aromatic N) is 1. The molecular weight excluding hydrogens is 276 g/mol. The van der Waals surface area contributed by atoms with Crippen molar-refractivity contribution >= 4 is 11.8 Å². The summed E-state index contributed by atoms with van der Waals surface area (Å²) in [5, 5.41) is 1.43. The van der Waals surface area contributed by atoms with Crippen LogP contribution in [0.15, 0.2) is 48.5 Å². The molecule has 0 unspecified atom stereocenters. The summed E-state index contributed by atoms with van der Waals surface area (Å²) in [5.41, 5.74) is 5.54. The molecule has 0 bridgehead atoms. The second kappa shape index (κ2) is 6.02. The van der Waals surface area contributed by atoms with Crippen LogP contribution < -0.4 is 5.43 Å². The van der Waals surface area contributed by atoms with Gasteiger partial charge in [-0.15, -0.1) is 0 Å². The first-order valence-electron chi connectivity index (χ1n) is 7.53. The fraction of sp³-hybridized carbons (Fsp3) is 0.222. The Balaban J connectivity index is 2.15. The lowest BCUT2D eigenvalue weighted by molar-refractivity contribution is 0.0578. The topological polar surface area (TPSA) is 49.4 Å². The van der Waals surface area contributed by atoms with Crippen LogP contribution in [0.25, 0.3) is 11.1 Å². The zero-order chi connectivity index (χ0) is 15.5. The van der Waals surface area contributed by atoms with E-state index in [1.165, 1.54) is 5.01 Å². The highest BCUT2D eigenvalue weighted by atomic mass is 16.2. The fourth-order valence-electron chi connectivity index (χ4n) is 2.67. The summed E-state index contributed by atoms with van der Waals surface area (Å²) in [6.45, 7) is 2.57. The summed E-state index contributed by atoms with van der Waals surface area (Å²) in [6.07, 6.45) is 1.80. The predicted octanol–water partition coefficient (Wildman–Crippen LogP) is 3.25. The number of fused-ring (bicyclic) bond motifs is 3. The van der Waals surface area contributed by atoms with E-state index in [1.807, 2.05) is 42.5 Å². The van der Waals surface area contributed by atoms with Crippen molar-refractivity contribution in [3.63, 3.8) is 0 Å². The van der Waals surface area contributed by atoms with Crippen molar-refractivity contribution in [2.75, 3.05) is 6.54 Å². The lowest BCUT2D eigenvalue weighted by Crippen LogP contribution is -2.47. The third-order valence-electron chi connectivity index (χ3n) is 3.84. The van der Waals surface area contributed by atoms with Gasteiger partial charge in [-0.1, -0.05) is 49.7 Å². The summed E-state index contributed by atoms with van der Waals surface area (Å²) < 4.78 is 0. The Morgan fingerprint density at radius 3 is 2.05 bits per heavy atom. The molecule has 112 valence electrons. The quantitative estimate of drug-likeness (QED) is 0.944. The molecule has 0 atom stereocenters. The highest BCUT2D eigenvalue weighted by Gasteiger charge is 2.26. The Bertz CT molecular complexity index is 725. The first-order chi connectivity index (χ1) is 10.7. The van der Waals surface area contributed by atoms with Crippen molar-refractivity contribution < 1.29 is 9.59 Å². The molecule has 1 N–H and O–H groups in total. The number of amides is 2. The molecule has 2 amide bonds. The van der Waals surface area contributed by atoms with Crippen molar-refractivity contribution in [3.8, 4) is 11.1 Å². The molecule has 0 radical (unpaired) electrons. The van der Waals surface area contributed by atoms with E-state index < -0.39 is 0 Å². The Morgan fingerprint density at radius 1 is 0.864 bits per heavy atom. The van der Waals surface area contributed by atoms with Crippen LogP contribution in [-0.4, -0.2) is 23.4 Å². The van der Waals surface area contributed by atoms with Crippen LogP contribution in [0.1, 0.15) is 40.5 Å². The minimum absolute atomic E-state index is 0.160. The van der Waals surface area contributed by atoms with Crippen LogP contribution in [0.5, 0.6) is 0 Å². The van der Waals surface area contributed by atoms with Crippen molar-refractivity contribution in [3.05, 3.63) is 59.7 Å². The molecular formula is C18H18N2O2. The largest absolute Gasteiger partial charge is 0.272 e. The lowest BCUT2D eigenvalue weighted by atomic mass is 9.94. The molecule has 1 aliphatic rings. The maximum absolute atomic E-state index is 12.8. The second-order valence-electron chi connectivity index (χ2n) is 5.34. The summed E-state index contributed by atoms with van der Waals surface area (Å²) in [4.78, 5) is 25.2. The number of hydrogen-bond donors (Lipinski definition) is 1. The Kier molecular flexibility index (Phi) is 3.92. The predicted molar refractivity (Wildman–Crippen MR) is 85.3 cm³/mol. The molecule has 2 aromatic carbocycles. The maximum atomic E-state index is 12.8. The van der Waals surface area contributed by atoms with Crippen LogP contribution in [0.3, 0.4) is 0 Å². The summed E-state index contributed by atoms with van der Waals surface area (Å²) in [5.74, 6) is -0.401. The van der Waals surface area contributed by atoms with E-state index in [2.05, 4.69) is 12.3 Å². The third-order valence-corrected chi connectivity index (χ3v) is 3.84. The van der Waals surface area contributed by atoms with Crippen LogP contribution in [-0.2, 0) is 0 Å². The van der Waals surface area contributed by atoms with Crippen molar-refractivity contribution in [1.29, 1.82) is 0 Å². The SMILES string of the molecule is CCCCN1NC(=O)c2ccccc2-c2ccccc2C1=O. The summed E-state index contributed by atoms with van der Waals surface area (Å²) in [7, 11) is 0. The Morgan fingerprint density at radius 2 is 1.41 bits per heavy atom. The molecule has 0 spiro atoms. The van der Waals surface area contributed by atoms with Gasteiger partial charge in [-0.05, 0) is 29.7 Å². The highest BCUT2D eigenvalue weighted by molar-refractivity contribution is 6.09. The first-order valence-corrected chi connectivity index (χ1v) is 7.53. The average Bonchev–Trinajstić information content (AvgIpc) is 2.57. The van der Waals surface area contributed by atoms with Gasteiger partial charge in [0.25, 0.3) is 11.8 Å².